The van der Waals surface area contributed by atoms with Gasteiger partial charge in [0.25, 0.3) is 0 Å². The lowest BCUT2D eigenvalue weighted by Crippen LogP contribution is -2.27. The van der Waals surface area contributed by atoms with Gasteiger partial charge >= 0.3 is 5.97 Å². The Hall–Kier alpha value is -1.26. The van der Waals surface area contributed by atoms with Gasteiger partial charge in [-0.25, -0.2) is 0 Å². The summed E-state index contributed by atoms with van der Waals surface area (Å²) in [6.07, 6.45) is 0.358. The van der Waals surface area contributed by atoms with E-state index in [9.17, 15) is 4.79 Å². The fourth-order valence-electron chi connectivity index (χ4n) is 1.92. The van der Waals surface area contributed by atoms with Gasteiger partial charge in [0.05, 0.1) is 13.5 Å². The molecule has 0 N–H and O–H groups in total. The van der Waals surface area contributed by atoms with Crippen molar-refractivity contribution in [3.05, 3.63) is 28.8 Å². The summed E-state index contributed by atoms with van der Waals surface area (Å²) < 4.78 is 10.6. The first-order chi connectivity index (χ1) is 9.71. The number of benzene rings is 1. The van der Waals surface area contributed by atoms with Crippen LogP contribution in [0.4, 0.5) is 0 Å². The van der Waals surface area contributed by atoms with Crippen molar-refractivity contribution < 1.29 is 14.3 Å². The Morgan fingerprint density at radius 3 is 2.57 bits per heavy atom. The lowest BCUT2D eigenvalue weighted by molar-refractivity contribution is -0.155. The zero-order valence-electron chi connectivity index (χ0n) is 13.4. The third-order valence-corrected chi connectivity index (χ3v) is 3.04. The van der Waals surface area contributed by atoms with Gasteiger partial charge in [-0.2, -0.15) is 0 Å². The van der Waals surface area contributed by atoms with Crippen molar-refractivity contribution in [2.45, 2.75) is 39.3 Å². The molecule has 0 aliphatic rings. The van der Waals surface area contributed by atoms with E-state index in [0.29, 0.717) is 24.5 Å². The molecule has 4 nitrogen and oxygen atoms in total. The molecule has 21 heavy (non-hydrogen) atoms. The van der Waals surface area contributed by atoms with Crippen LogP contribution in [-0.2, 0) is 16.1 Å². The van der Waals surface area contributed by atoms with Crippen molar-refractivity contribution in [2.75, 3.05) is 20.7 Å². The molecule has 0 amide bonds. The van der Waals surface area contributed by atoms with Crippen molar-refractivity contribution in [1.82, 2.24) is 4.90 Å². The molecule has 118 valence electrons. The van der Waals surface area contributed by atoms with Crippen molar-refractivity contribution in [3.63, 3.8) is 0 Å². The molecule has 0 atom stereocenters. The molecular formula is C16H24ClNO3. The fraction of sp³-hybridized carbons (Fsp3) is 0.562. The third kappa shape index (κ3) is 6.82. The second-order valence-corrected chi connectivity index (χ2v) is 6.47. The number of rotatable bonds is 6. The maximum Gasteiger partial charge on any atom is 0.307 e. The van der Waals surface area contributed by atoms with E-state index < -0.39 is 5.60 Å². The van der Waals surface area contributed by atoms with Gasteiger partial charge < -0.3 is 14.4 Å². The topological polar surface area (TPSA) is 38.8 Å². The molecule has 1 rings (SSSR count). The summed E-state index contributed by atoms with van der Waals surface area (Å²) >= 11 is 6.01. The standard InChI is InChI=1S/C16H24ClNO3/c1-16(2,3)21-15(19)8-9-18(4)11-12-10-13(17)6-7-14(12)20-5/h6-7,10H,8-9,11H2,1-5H3. The van der Waals surface area contributed by atoms with Crippen LogP contribution in [0.1, 0.15) is 32.8 Å². The number of hydrogen-bond acceptors (Lipinski definition) is 4. The van der Waals surface area contributed by atoms with E-state index in [4.69, 9.17) is 21.1 Å². The Morgan fingerprint density at radius 1 is 1.33 bits per heavy atom. The number of methoxy groups -OCH3 is 1. The lowest BCUT2D eigenvalue weighted by atomic mass is 10.2. The molecule has 0 fully saturated rings. The average molecular weight is 314 g/mol. The molecule has 0 bridgehead atoms. The number of carbonyl (C=O) groups excluding carboxylic acids is 1. The largest absolute Gasteiger partial charge is 0.496 e. The molecule has 0 aromatic heterocycles. The van der Waals surface area contributed by atoms with E-state index in [-0.39, 0.29) is 5.97 Å². The van der Waals surface area contributed by atoms with Crippen LogP contribution in [0.5, 0.6) is 5.75 Å². The minimum absolute atomic E-state index is 0.188. The highest BCUT2D eigenvalue weighted by Gasteiger charge is 2.16. The summed E-state index contributed by atoms with van der Waals surface area (Å²) in [5.41, 5.74) is 0.558. The highest BCUT2D eigenvalue weighted by atomic mass is 35.5. The molecule has 0 heterocycles. The number of esters is 1. The summed E-state index contributed by atoms with van der Waals surface area (Å²) in [6, 6.07) is 5.52. The van der Waals surface area contributed by atoms with E-state index in [1.165, 1.54) is 0 Å². The number of carbonyl (C=O) groups is 1. The number of hydrogen-bond donors (Lipinski definition) is 0. The predicted octanol–water partition coefficient (Wildman–Crippen LogP) is 3.51. The normalized spacial score (nSPS) is 11.6. The van der Waals surface area contributed by atoms with Crippen LogP contribution in [0.3, 0.4) is 0 Å². The first-order valence-electron chi connectivity index (χ1n) is 6.94. The lowest BCUT2D eigenvalue weighted by Gasteiger charge is -2.21. The smallest absolute Gasteiger partial charge is 0.307 e. The fourth-order valence-corrected chi connectivity index (χ4v) is 2.11. The van der Waals surface area contributed by atoms with Gasteiger partial charge in [-0.3, -0.25) is 4.79 Å². The molecule has 0 aliphatic carbocycles. The SMILES string of the molecule is COc1ccc(Cl)cc1CN(C)CCC(=O)OC(C)(C)C. The summed E-state index contributed by atoms with van der Waals surface area (Å²) in [5.74, 6) is 0.607. The van der Waals surface area contributed by atoms with Crippen LogP contribution in [-0.4, -0.2) is 37.2 Å². The molecule has 0 aliphatic heterocycles. The second-order valence-electron chi connectivity index (χ2n) is 6.03. The Morgan fingerprint density at radius 2 is 2.00 bits per heavy atom. The van der Waals surface area contributed by atoms with Crippen molar-refractivity contribution >= 4 is 17.6 Å². The van der Waals surface area contributed by atoms with Gasteiger partial charge in [0.2, 0.25) is 0 Å². The van der Waals surface area contributed by atoms with Crippen molar-refractivity contribution in [1.29, 1.82) is 0 Å². The van der Waals surface area contributed by atoms with Crippen LogP contribution in [0.25, 0.3) is 0 Å². The molecule has 0 radical (unpaired) electrons. The Bertz CT molecular complexity index is 483. The van der Waals surface area contributed by atoms with Crippen LogP contribution < -0.4 is 4.74 Å². The summed E-state index contributed by atoms with van der Waals surface area (Å²) in [7, 11) is 3.58. The Balaban J connectivity index is 2.52. The van der Waals surface area contributed by atoms with Gasteiger partial charge in [0.1, 0.15) is 11.4 Å². The molecule has 0 saturated heterocycles. The minimum Gasteiger partial charge on any atom is -0.496 e. The first kappa shape index (κ1) is 17.8. The number of halogens is 1. The third-order valence-electron chi connectivity index (χ3n) is 2.80. The highest BCUT2D eigenvalue weighted by Crippen LogP contribution is 2.23. The number of ether oxygens (including phenoxy) is 2. The van der Waals surface area contributed by atoms with E-state index in [1.54, 1.807) is 13.2 Å². The summed E-state index contributed by atoms with van der Waals surface area (Å²) in [6.45, 7) is 6.87. The van der Waals surface area contributed by atoms with Gasteiger partial charge in [0, 0.05) is 23.7 Å². The van der Waals surface area contributed by atoms with E-state index in [0.717, 1.165) is 11.3 Å². The molecule has 1 aromatic rings. The monoisotopic (exact) mass is 313 g/mol. The van der Waals surface area contributed by atoms with Crippen molar-refractivity contribution in [2.24, 2.45) is 0 Å². The summed E-state index contributed by atoms with van der Waals surface area (Å²) in [4.78, 5) is 13.7. The maximum atomic E-state index is 11.7. The summed E-state index contributed by atoms with van der Waals surface area (Å²) in [5, 5.41) is 0.673. The molecule has 1 aromatic carbocycles. The van der Waals surface area contributed by atoms with Gasteiger partial charge in [-0.15, -0.1) is 0 Å². The van der Waals surface area contributed by atoms with Gasteiger partial charge in [-0.1, -0.05) is 11.6 Å². The number of nitrogens with zero attached hydrogens (tertiary/aromatic N) is 1. The maximum absolute atomic E-state index is 11.7. The van der Waals surface area contributed by atoms with Crippen molar-refractivity contribution in [3.8, 4) is 5.75 Å². The quantitative estimate of drug-likeness (QED) is 0.753. The molecule has 0 spiro atoms. The average Bonchev–Trinajstić information content (AvgIpc) is 2.35. The molecule has 5 heteroatoms. The molecule has 0 unspecified atom stereocenters. The Labute approximate surface area is 132 Å². The zero-order valence-corrected chi connectivity index (χ0v) is 14.2. The van der Waals surface area contributed by atoms with E-state index >= 15 is 0 Å². The first-order valence-corrected chi connectivity index (χ1v) is 7.32. The molecule has 0 saturated carbocycles. The van der Waals surface area contributed by atoms with Crippen LogP contribution in [0.2, 0.25) is 5.02 Å². The van der Waals surface area contributed by atoms with Crippen LogP contribution in [0, 0.1) is 0 Å². The van der Waals surface area contributed by atoms with Crippen LogP contribution >= 0.6 is 11.6 Å². The van der Waals surface area contributed by atoms with E-state index in [1.807, 2.05) is 44.9 Å². The van der Waals surface area contributed by atoms with Gasteiger partial charge in [0.15, 0.2) is 0 Å². The second kappa shape index (κ2) is 7.66. The predicted molar refractivity (Wildman–Crippen MR) is 84.8 cm³/mol. The van der Waals surface area contributed by atoms with Gasteiger partial charge in [-0.05, 0) is 46.0 Å². The van der Waals surface area contributed by atoms with Crippen LogP contribution in [0.15, 0.2) is 18.2 Å². The van der Waals surface area contributed by atoms with E-state index in [2.05, 4.69) is 0 Å². The minimum atomic E-state index is -0.439. The Kier molecular flexibility index (Phi) is 6.49. The highest BCUT2D eigenvalue weighted by molar-refractivity contribution is 6.30. The zero-order chi connectivity index (χ0) is 16.0. The molecular weight excluding hydrogens is 290 g/mol.